The first kappa shape index (κ1) is 19.4. The Bertz CT molecular complexity index is 1180. The number of aromatic amines is 1. The van der Waals surface area contributed by atoms with E-state index in [0.717, 1.165) is 17.7 Å². The van der Waals surface area contributed by atoms with Crippen molar-refractivity contribution in [3.8, 4) is 0 Å². The molecule has 2 aliphatic rings. The minimum absolute atomic E-state index is 0.117. The van der Waals surface area contributed by atoms with Gasteiger partial charge in [-0.1, -0.05) is 12.1 Å². The van der Waals surface area contributed by atoms with E-state index < -0.39 is 16.1 Å². The van der Waals surface area contributed by atoms with Crippen LogP contribution >= 0.6 is 0 Å². The molecule has 1 aromatic carbocycles. The zero-order valence-corrected chi connectivity index (χ0v) is 17.0. The monoisotopic (exact) mass is 414 g/mol. The Kier molecular flexibility index (Phi) is 4.77. The van der Waals surface area contributed by atoms with Gasteiger partial charge in [-0.2, -0.15) is 8.42 Å². The lowest BCUT2D eigenvalue weighted by Gasteiger charge is -2.25. The van der Waals surface area contributed by atoms with Crippen LogP contribution < -0.4 is 10.9 Å². The van der Waals surface area contributed by atoms with Gasteiger partial charge >= 0.3 is 0 Å². The Morgan fingerprint density at radius 3 is 2.83 bits per heavy atom. The number of H-pyrrole nitrogens is 1. The molecule has 2 aromatic rings. The van der Waals surface area contributed by atoms with Crippen LogP contribution in [0.5, 0.6) is 0 Å². The number of nitrogens with one attached hydrogen (secondary N) is 2. The summed E-state index contributed by atoms with van der Waals surface area (Å²) < 4.78 is 28.7. The first-order valence-corrected chi connectivity index (χ1v) is 10.9. The maximum absolute atomic E-state index is 12.9. The van der Waals surface area contributed by atoms with Gasteiger partial charge in [0.1, 0.15) is 10.9 Å². The number of sulfonamides is 1. The van der Waals surface area contributed by atoms with Gasteiger partial charge in [0.25, 0.3) is 15.6 Å². The van der Waals surface area contributed by atoms with Crippen LogP contribution in [0.25, 0.3) is 0 Å². The van der Waals surface area contributed by atoms with Crippen molar-refractivity contribution >= 4 is 21.8 Å². The fraction of sp³-hybridized carbons (Fsp3) is 0.350. The standard InChI is InChI=1S/C20H22N4O4S/c1-12-10-13(2)22-19(25)15(12)11-21-20(26)16-7-5-9-24(16)18-14-6-3-4-8-17(14)29(27,28)23-18/h3-4,6,8,10,16H,5,7,9,11H2,1-2H3,(H,21,26)(H,22,25)/t16-/m1/s1. The number of likely N-dealkylation sites (tertiary alicyclic amines) is 1. The normalized spacial score (nSPS) is 19.7. The lowest BCUT2D eigenvalue weighted by molar-refractivity contribution is -0.124. The molecule has 1 fully saturated rings. The summed E-state index contributed by atoms with van der Waals surface area (Å²) in [6.45, 7) is 4.30. The highest BCUT2D eigenvalue weighted by atomic mass is 32.2. The number of carbonyl (C=O) groups excluding carboxylic acids is 1. The van der Waals surface area contributed by atoms with Crippen molar-refractivity contribution < 1.29 is 13.2 Å². The van der Waals surface area contributed by atoms with Crippen LogP contribution in [0, 0.1) is 13.8 Å². The van der Waals surface area contributed by atoms with Crippen LogP contribution in [0.2, 0.25) is 0 Å². The number of aromatic nitrogens is 1. The number of amidine groups is 1. The SMILES string of the molecule is Cc1cc(C)c(CNC(=O)[C@H]2CCCN2C2=NS(=O)(=O)c3ccccc32)c(=O)[nH]1. The predicted octanol–water partition coefficient (Wildman–Crippen LogP) is 1.22. The number of benzene rings is 1. The van der Waals surface area contributed by atoms with E-state index in [-0.39, 0.29) is 22.9 Å². The molecule has 152 valence electrons. The van der Waals surface area contributed by atoms with Crippen molar-refractivity contribution in [2.75, 3.05) is 6.54 Å². The highest BCUT2D eigenvalue weighted by Crippen LogP contribution is 2.31. The Morgan fingerprint density at radius 1 is 1.31 bits per heavy atom. The first-order valence-electron chi connectivity index (χ1n) is 9.46. The van der Waals surface area contributed by atoms with E-state index in [1.54, 1.807) is 30.0 Å². The van der Waals surface area contributed by atoms with Gasteiger partial charge in [-0.15, -0.1) is 4.40 Å². The summed E-state index contributed by atoms with van der Waals surface area (Å²) >= 11 is 0. The molecule has 2 N–H and O–H groups in total. The number of fused-ring (bicyclic) bond motifs is 1. The molecule has 1 atom stereocenters. The minimum Gasteiger partial charge on any atom is -0.350 e. The lowest BCUT2D eigenvalue weighted by atomic mass is 10.1. The highest BCUT2D eigenvalue weighted by molar-refractivity contribution is 7.90. The van der Waals surface area contributed by atoms with Gasteiger partial charge in [-0.3, -0.25) is 9.59 Å². The second-order valence-electron chi connectivity index (χ2n) is 7.40. The van der Waals surface area contributed by atoms with Gasteiger partial charge < -0.3 is 15.2 Å². The van der Waals surface area contributed by atoms with E-state index in [0.29, 0.717) is 29.9 Å². The van der Waals surface area contributed by atoms with E-state index in [4.69, 9.17) is 0 Å². The molecular formula is C20H22N4O4S. The van der Waals surface area contributed by atoms with Crippen molar-refractivity contribution in [3.63, 3.8) is 0 Å². The van der Waals surface area contributed by atoms with Crippen LogP contribution in [0.4, 0.5) is 0 Å². The molecule has 0 bridgehead atoms. The molecule has 4 rings (SSSR count). The summed E-state index contributed by atoms with van der Waals surface area (Å²) in [6.07, 6.45) is 1.35. The summed E-state index contributed by atoms with van der Waals surface area (Å²) in [5.74, 6) is 0.0777. The summed E-state index contributed by atoms with van der Waals surface area (Å²) in [6, 6.07) is 7.98. The second-order valence-corrected chi connectivity index (χ2v) is 8.97. The number of nitrogens with zero attached hydrogens (tertiary/aromatic N) is 2. The largest absolute Gasteiger partial charge is 0.350 e. The Labute approximate surface area is 168 Å². The van der Waals surface area contributed by atoms with Crippen molar-refractivity contribution in [2.24, 2.45) is 4.40 Å². The molecule has 9 heteroatoms. The summed E-state index contributed by atoms with van der Waals surface area (Å²) in [7, 11) is -3.74. The van der Waals surface area contributed by atoms with Gasteiger partial charge in [-0.25, -0.2) is 0 Å². The molecule has 1 amide bonds. The fourth-order valence-corrected chi connectivity index (χ4v) is 5.20. The molecule has 3 heterocycles. The fourth-order valence-electron chi connectivity index (χ4n) is 3.98. The van der Waals surface area contributed by atoms with Crippen LogP contribution in [0.3, 0.4) is 0 Å². The van der Waals surface area contributed by atoms with Gasteiger partial charge in [-0.05, 0) is 50.5 Å². The predicted molar refractivity (Wildman–Crippen MR) is 108 cm³/mol. The smallest absolute Gasteiger partial charge is 0.285 e. The average Bonchev–Trinajstić information content (AvgIpc) is 3.24. The summed E-state index contributed by atoms with van der Waals surface area (Å²) in [5.41, 5.74) is 2.41. The number of pyridine rings is 1. The van der Waals surface area contributed by atoms with E-state index >= 15 is 0 Å². The highest BCUT2D eigenvalue weighted by Gasteiger charge is 2.39. The third-order valence-corrected chi connectivity index (χ3v) is 6.70. The van der Waals surface area contributed by atoms with Crippen molar-refractivity contribution in [3.05, 3.63) is 63.1 Å². The van der Waals surface area contributed by atoms with Gasteiger partial charge in [0.15, 0.2) is 5.84 Å². The van der Waals surface area contributed by atoms with E-state index in [1.165, 1.54) is 6.07 Å². The summed E-state index contributed by atoms with van der Waals surface area (Å²) in [5, 5.41) is 2.84. The molecule has 0 unspecified atom stereocenters. The van der Waals surface area contributed by atoms with Crippen LogP contribution in [-0.4, -0.2) is 42.6 Å². The van der Waals surface area contributed by atoms with E-state index in [2.05, 4.69) is 14.7 Å². The van der Waals surface area contributed by atoms with Gasteiger partial charge in [0.05, 0.1) is 0 Å². The molecule has 8 nitrogen and oxygen atoms in total. The average molecular weight is 414 g/mol. The number of amides is 1. The molecule has 0 spiro atoms. The number of carbonyl (C=O) groups is 1. The molecule has 0 aliphatic carbocycles. The van der Waals surface area contributed by atoms with Crippen molar-refractivity contribution in [1.29, 1.82) is 0 Å². The quantitative estimate of drug-likeness (QED) is 0.784. The van der Waals surface area contributed by atoms with Crippen LogP contribution in [0.15, 0.2) is 44.4 Å². The van der Waals surface area contributed by atoms with Crippen LogP contribution in [0.1, 0.15) is 35.2 Å². The number of rotatable bonds is 3. The number of aryl methyl sites for hydroxylation is 2. The third-order valence-electron chi connectivity index (χ3n) is 5.37. The third kappa shape index (κ3) is 3.46. The molecule has 2 aliphatic heterocycles. The molecular weight excluding hydrogens is 392 g/mol. The zero-order chi connectivity index (χ0) is 20.8. The van der Waals surface area contributed by atoms with Crippen molar-refractivity contribution in [2.45, 2.75) is 44.2 Å². The number of hydrogen-bond acceptors (Lipinski definition) is 5. The first-order chi connectivity index (χ1) is 13.8. The number of hydrogen-bond donors (Lipinski definition) is 2. The molecule has 0 saturated carbocycles. The molecule has 1 aromatic heterocycles. The molecule has 1 saturated heterocycles. The maximum atomic E-state index is 12.9. The Balaban J connectivity index is 1.56. The van der Waals surface area contributed by atoms with Gasteiger partial charge in [0.2, 0.25) is 5.91 Å². The van der Waals surface area contributed by atoms with Crippen LogP contribution in [-0.2, 0) is 21.4 Å². The Hall–Kier alpha value is -2.94. The Morgan fingerprint density at radius 2 is 2.07 bits per heavy atom. The zero-order valence-electron chi connectivity index (χ0n) is 16.2. The second kappa shape index (κ2) is 7.14. The topological polar surface area (TPSA) is 112 Å². The van der Waals surface area contributed by atoms with Gasteiger partial charge in [0, 0.05) is 29.9 Å². The summed E-state index contributed by atoms with van der Waals surface area (Å²) in [4.78, 5) is 29.7. The van der Waals surface area contributed by atoms with E-state index in [1.807, 2.05) is 13.0 Å². The molecule has 29 heavy (non-hydrogen) atoms. The van der Waals surface area contributed by atoms with E-state index in [9.17, 15) is 18.0 Å². The maximum Gasteiger partial charge on any atom is 0.285 e. The van der Waals surface area contributed by atoms with Crippen molar-refractivity contribution in [1.82, 2.24) is 15.2 Å². The minimum atomic E-state index is -3.74. The lowest BCUT2D eigenvalue weighted by Crippen LogP contribution is -2.46. The molecule has 0 radical (unpaired) electrons.